The van der Waals surface area contributed by atoms with Gasteiger partial charge in [0, 0.05) is 42.8 Å². The predicted molar refractivity (Wildman–Crippen MR) is 108 cm³/mol. The van der Waals surface area contributed by atoms with Gasteiger partial charge in [-0.2, -0.15) is 0 Å². The number of fused-ring (bicyclic) bond motifs is 2. The minimum atomic E-state index is 0.0652. The Hall–Kier alpha value is -2.66. The molecule has 2 atom stereocenters. The van der Waals surface area contributed by atoms with E-state index in [1.54, 1.807) is 19.1 Å². The number of ketones is 1. The largest absolute Gasteiger partial charge is 0.494 e. The minimum absolute atomic E-state index is 0.0652. The number of nitrogens with zero attached hydrogens (tertiary/aromatic N) is 2. The summed E-state index contributed by atoms with van der Waals surface area (Å²) >= 11 is 0. The highest BCUT2D eigenvalue weighted by Crippen LogP contribution is 2.31. The summed E-state index contributed by atoms with van der Waals surface area (Å²) in [4.78, 5) is 28.5. The molecule has 2 heterocycles. The Labute approximate surface area is 165 Å². The molecule has 0 aromatic heterocycles. The Kier molecular flexibility index (Phi) is 5.44. The fourth-order valence-electron chi connectivity index (χ4n) is 4.26. The lowest BCUT2D eigenvalue weighted by molar-refractivity contribution is 0.0618. The summed E-state index contributed by atoms with van der Waals surface area (Å²) < 4.78 is 5.80. The lowest BCUT2D eigenvalue weighted by Crippen LogP contribution is -2.49. The number of rotatable bonds is 7. The van der Waals surface area contributed by atoms with Crippen molar-refractivity contribution in [2.24, 2.45) is 0 Å². The third-order valence-electron chi connectivity index (χ3n) is 5.75. The van der Waals surface area contributed by atoms with Gasteiger partial charge >= 0.3 is 0 Å². The molecule has 5 heteroatoms. The summed E-state index contributed by atoms with van der Waals surface area (Å²) in [5, 5.41) is 0. The number of ether oxygens (including phenoxy) is 1. The van der Waals surface area contributed by atoms with Crippen molar-refractivity contribution in [3.63, 3.8) is 0 Å². The maximum atomic E-state index is 12.7. The molecule has 146 valence electrons. The molecule has 2 bridgehead atoms. The van der Waals surface area contributed by atoms with Crippen LogP contribution < -0.4 is 4.74 Å². The lowest BCUT2D eigenvalue weighted by atomic mass is 10.1. The second-order valence-electron chi connectivity index (χ2n) is 7.64. The number of piperazine rings is 1. The van der Waals surface area contributed by atoms with Crippen LogP contribution in [0.15, 0.2) is 54.6 Å². The molecule has 0 N–H and O–H groups in total. The maximum Gasteiger partial charge on any atom is 0.254 e. The number of hydrogen-bond acceptors (Lipinski definition) is 4. The van der Waals surface area contributed by atoms with E-state index < -0.39 is 0 Å². The number of likely N-dealkylation sites (tertiary alicyclic amines) is 2. The van der Waals surface area contributed by atoms with Gasteiger partial charge in [-0.25, -0.2) is 0 Å². The van der Waals surface area contributed by atoms with E-state index in [1.807, 2.05) is 47.4 Å². The molecule has 0 radical (unpaired) electrons. The summed E-state index contributed by atoms with van der Waals surface area (Å²) in [5.74, 6) is 1.02. The van der Waals surface area contributed by atoms with E-state index in [1.165, 1.54) is 0 Å². The molecule has 0 spiro atoms. The third-order valence-corrected chi connectivity index (χ3v) is 5.75. The van der Waals surface area contributed by atoms with E-state index in [0.29, 0.717) is 24.3 Å². The summed E-state index contributed by atoms with van der Waals surface area (Å²) in [6, 6.07) is 17.7. The minimum Gasteiger partial charge on any atom is -0.494 e. The molecule has 5 nitrogen and oxygen atoms in total. The first-order valence-corrected chi connectivity index (χ1v) is 9.95. The molecule has 0 unspecified atom stereocenters. The van der Waals surface area contributed by atoms with Crippen molar-refractivity contribution in [1.82, 2.24) is 9.80 Å². The molecule has 2 aromatic carbocycles. The molecule has 28 heavy (non-hydrogen) atoms. The van der Waals surface area contributed by atoms with Crippen LogP contribution in [-0.4, -0.2) is 59.8 Å². The molecule has 2 fully saturated rings. The number of carbonyl (C=O) groups excluding carboxylic acids is 2. The summed E-state index contributed by atoms with van der Waals surface area (Å²) in [5.41, 5.74) is 1.49. The number of carbonyl (C=O) groups is 2. The van der Waals surface area contributed by atoms with Crippen LogP contribution in [0.3, 0.4) is 0 Å². The summed E-state index contributed by atoms with van der Waals surface area (Å²) in [6.45, 7) is 4.98. The van der Waals surface area contributed by atoms with E-state index in [4.69, 9.17) is 4.74 Å². The lowest BCUT2D eigenvalue weighted by Gasteiger charge is -2.34. The highest BCUT2D eigenvalue weighted by Gasteiger charge is 2.44. The second kappa shape index (κ2) is 8.15. The molecule has 1 amide bonds. The Morgan fingerprint density at radius 1 is 0.964 bits per heavy atom. The van der Waals surface area contributed by atoms with Crippen molar-refractivity contribution >= 4 is 11.7 Å². The Bertz CT molecular complexity index is 835. The first-order chi connectivity index (χ1) is 13.6. The highest BCUT2D eigenvalue weighted by atomic mass is 16.5. The molecule has 4 rings (SSSR count). The molecular weight excluding hydrogens is 352 g/mol. The quantitative estimate of drug-likeness (QED) is 0.548. The SMILES string of the molecule is CC(=O)c1ccc(OCCCN2C[C@H]3C[C@@H]2CN3C(=O)c2ccccc2)cc1. The molecular formula is C23H26N2O3. The fourth-order valence-corrected chi connectivity index (χ4v) is 4.26. The van der Waals surface area contributed by atoms with Gasteiger partial charge in [-0.15, -0.1) is 0 Å². The number of amides is 1. The van der Waals surface area contributed by atoms with Gasteiger partial charge in [-0.3, -0.25) is 14.5 Å². The van der Waals surface area contributed by atoms with Gasteiger partial charge < -0.3 is 9.64 Å². The van der Waals surface area contributed by atoms with Crippen LogP contribution in [0, 0.1) is 0 Å². The van der Waals surface area contributed by atoms with Gasteiger partial charge in [0.1, 0.15) is 5.75 Å². The molecule has 2 aliphatic rings. The highest BCUT2D eigenvalue weighted by molar-refractivity contribution is 5.95. The van der Waals surface area contributed by atoms with Gasteiger partial charge in [0.25, 0.3) is 5.91 Å². The third kappa shape index (κ3) is 3.94. The average molecular weight is 378 g/mol. The van der Waals surface area contributed by atoms with Crippen molar-refractivity contribution in [2.45, 2.75) is 31.8 Å². The smallest absolute Gasteiger partial charge is 0.254 e. The number of benzene rings is 2. The van der Waals surface area contributed by atoms with Crippen LogP contribution >= 0.6 is 0 Å². The van der Waals surface area contributed by atoms with Gasteiger partial charge in [-0.1, -0.05) is 18.2 Å². The van der Waals surface area contributed by atoms with Crippen molar-refractivity contribution in [2.75, 3.05) is 26.2 Å². The summed E-state index contributed by atoms with van der Waals surface area (Å²) in [7, 11) is 0. The van der Waals surface area contributed by atoms with E-state index in [9.17, 15) is 9.59 Å². The van der Waals surface area contributed by atoms with E-state index >= 15 is 0 Å². The van der Waals surface area contributed by atoms with Crippen LogP contribution in [-0.2, 0) is 0 Å². The van der Waals surface area contributed by atoms with Crippen LogP contribution in [0.25, 0.3) is 0 Å². The zero-order valence-corrected chi connectivity index (χ0v) is 16.2. The monoisotopic (exact) mass is 378 g/mol. The average Bonchev–Trinajstić information content (AvgIpc) is 3.32. The normalized spacial score (nSPS) is 21.1. The van der Waals surface area contributed by atoms with E-state index in [-0.39, 0.29) is 11.7 Å². The zero-order chi connectivity index (χ0) is 19.5. The maximum absolute atomic E-state index is 12.7. The number of Topliss-reactive ketones (excluding diaryl/α,β-unsaturated/α-hetero) is 1. The predicted octanol–water partition coefficient (Wildman–Crippen LogP) is 3.26. The zero-order valence-electron chi connectivity index (χ0n) is 16.2. The second-order valence-corrected chi connectivity index (χ2v) is 7.64. The Balaban J connectivity index is 1.21. The van der Waals surface area contributed by atoms with E-state index in [0.717, 1.165) is 43.8 Å². The standard InChI is InChI=1S/C23H26N2O3/c1-17(26)18-8-10-22(11-9-18)28-13-5-12-24-15-21-14-20(24)16-25(21)23(27)19-6-3-2-4-7-19/h2-4,6-11,20-21H,5,12-16H2,1H3/t20-,21-/m1/s1. The Morgan fingerprint density at radius 2 is 1.71 bits per heavy atom. The van der Waals surface area contributed by atoms with Crippen LogP contribution in [0.1, 0.15) is 40.5 Å². The van der Waals surface area contributed by atoms with Gasteiger partial charge in [0.05, 0.1) is 6.61 Å². The van der Waals surface area contributed by atoms with Crippen molar-refractivity contribution in [3.05, 3.63) is 65.7 Å². The van der Waals surface area contributed by atoms with Crippen LogP contribution in [0.2, 0.25) is 0 Å². The molecule has 2 saturated heterocycles. The van der Waals surface area contributed by atoms with Crippen molar-refractivity contribution < 1.29 is 14.3 Å². The summed E-state index contributed by atoms with van der Waals surface area (Å²) in [6.07, 6.45) is 2.02. The first kappa shape index (κ1) is 18.7. The van der Waals surface area contributed by atoms with Gasteiger partial charge in [0.2, 0.25) is 0 Å². The molecule has 0 aliphatic carbocycles. The van der Waals surface area contributed by atoms with Crippen molar-refractivity contribution in [3.8, 4) is 5.75 Å². The topological polar surface area (TPSA) is 49.9 Å². The number of hydrogen-bond donors (Lipinski definition) is 0. The molecule has 2 aromatic rings. The van der Waals surface area contributed by atoms with Gasteiger partial charge in [-0.05, 0) is 56.2 Å². The Morgan fingerprint density at radius 3 is 2.36 bits per heavy atom. The van der Waals surface area contributed by atoms with Crippen LogP contribution in [0.5, 0.6) is 5.75 Å². The van der Waals surface area contributed by atoms with E-state index in [2.05, 4.69) is 4.90 Å². The molecule has 0 saturated carbocycles. The fraction of sp³-hybridized carbons (Fsp3) is 0.391. The molecule has 2 aliphatic heterocycles. The van der Waals surface area contributed by atoms with Crippen LogP contribution in [0.4, 0.5) is 0 Å². The first-order valence-electron chi connectivity index (χ1n) is 9.95. The van der Waals surface area contributed by atoms with Crippen molar-refractivity contribution in [1.29, 1.82) is 0 Å². The van der Waals surface area contributed by atoms with Gasteiger partial charge in [0.15, 0.2) is 5.78 Å².